The summed E-state index contributed by atoms with van der Waals surface area (Å²) >= 11 is 0. The molecule has 0 heterocycles. The molecule has 0 atom stereocenters. The van der Waals surface area contributed by atoms with Crippen molar-refractivity contribution in [2.24, 2.45) is 0 Å². The van der Waals surface area contributed by atoms with Gasteiger partial charge in [0, 0.05) is 6.08 Å². The molecule has 0 aliphatic rings. The predicted octanol–water partition coefficient (Wildman–Crippen LogP) is 4.03. The molecule has 0 saturated heterocycles. The third-order valence-electron chi connectivity index (χ3n) is 2.04. The highest BCUT2D eigenvalue weighted by Crippen LogP contribution is 2.15. The summed E-state index contributed by atoms with van der Waals surface area (Å²) in [7, 11) is 0. The van der Waals surface area contributed by atoms with Crippen LogP contribution in [-0.2, 0) is 0 Å². The molecule has 0 unspecified atom stereocenters. The number of hydrogen-bond acceptors (Lipinski definition) is 1. The van der Waals surface area contributed by atoms with Crippen molar-refractivity contribution in [2.45, 2.75) is 0 Å². The zero-order chi connectivity index (χ0) is 11.2. The van der Waals surface area contributed by atoms with Gasteiger partial charge in [-0.3, -0.25) is 0 Å². The molecule has 0 aliphatic carbocycles. The second kappa shape index (κ2) is 5.12. The van der Waals surface area contributed by atoms with Crippen molar-refractivity contribution in [1.82, 2.24) is 0 Å². The Morgan fingerprint density at radius 2 is 1.44 bits per heavy atom. The minimum Gasteiger partial charge on any atom is -0.432 e. The maximum atomic E-state index is 13.4. The number of ether oxygens (including phenoxy) is 1. The SMILES string of the molecule is F/C(=C/c1ccccc1)Oc1ccccc1. The predicted molar refractivity (Wildman–Crippen MR) is 62.6 cm³/mol. The molecule has 1 nitrogen and oxygen atoms in total. The summed E-state index contributed by atoms with van der Waals surface area (Å²) in [6.07, 6.45) is 1.35. The van der Waals surface area contributed by atoms with E-state index in [4.69, 9.17) is 4.74 Å². The average Bonchev–Trinajstić information content (AvgIpc) is 2.31. The van der Waals surface area contributed by atoms with Gasteiger partial charge in [-0.15, -0.1) is 0 Å². The van der Waals surface area contributed by atoms with E-state index in [-0.39, 0.29) is 0 Å². The summed E-state index contributed by atoms with van der Waals surface area (Å²) in [5.41, 5.74) is 0.774. The fourth-order valence-electron chi connectivity index (χ4n) is 1.31. The van der Waals surface area contributed by atoms with Gasteiger partial charge < -0.3 is 4.74 Å². The van der Waals surface area contributed by atoms with Crippen LogP contribution in [0.15, 0.2) is 66.7 Å². The Balaban J connectivity index is 2.09. The molecule has 0 radical (unpaired) electrons. The summed E-state index contributed by atoms with van der Waals surface area (Å²) in [4.78, 5) is 0. The molecule has 2 aromatic carbocycles. The highest BCUT2D eigenvalue weighted by Gasteiger charge is 1.98. The topological polar surface area (TPSA) is 9.23 Å². The molecule has 0 fully saturated rings. The normalized spacial score (nSPS) is 11.2. The number of halogens is 1. The Morgan fingerprint density at radius 3 is 2.06 bits per heavy atom. The van der Waals surface area contributed by atoms with Gasteiger partial charge in [0.1, 0.15) is 5.75 Å². The fraction of sp³-hybridized carbons (Fsp3) is 0. The standard InChI is InChI=1S/C14H11FO/c15-14(11-12-7-3-1-4-8-12)16-13-9-5-2-6-10-13/h1-11H/b14-11-. The van der Waals surface area contributed by atoms with Crippen LogP contribution in [-0.4, -0.2) is 0 Å². The van der Waals surface area contributed by atoms with E-state index in [9.17, 15) is 4.39 Å². The van der Waals surface area contributed by atoms with Crippen LogP contribution in [0.2, 0.25) is 0 Å². The minimum absolute atomic E-state index is 0.493. The molecule has 0 aliphatic heterocycles. The van der Waals surface area contributed by atoms with E-state index in [1.807, 2.05) is 36.4 Å². The van der Waals surface area contributed by atoms with Crippen LogP contribution in [0.1, 0.15) is 5.56 Å². The highest BCUT2D eigenvalue weighted by molar-refractivity contribution is 5.50. The van der Waals surface area contributed by atoms with Crippen LogP contribution in [0.5, 0.6) is 5.75 Å². The van der Waals surface area contributed by atoms with E-state index in [0.29, 0.717) is 5.75 Å². The number of para-hydroxylation sites is 1. The van der Waals surface area contributed by atoms with E-state index in [1.165, 1.54) is 6.08 Å². The monoisotopic (exact) mass is 214 g/mol. The van der Waals surface area contributed by atoms with Crippen LogP contribution in [0.4, 0.5) is 4.39 Å². The maximum Gasteiger partial charge on any atom is 0.278 e. The van der Waals surface area contributed by atoms with Gasteiger partial charge >= 0.3 is 0 Å². The van der Waals surface area contributed by atoms with Gasteiger partial charge in [0.15, 0.2) is 0 Å². The molecule has 0 N–H and O–H groups in total. The first kappa shape index (κ1) is 10.4. The Kier molecular flexibility index (Phi) is 3.34. The van der Waals surface area contributed by atoms with Crippen LogP contribution in [0, 0.1) is 0 Å². The summed E-state index contributed by atoms with van der Waals surface area (Å²) < 4.78 is 18.4. The molecular weight excluding hydrogens is 203 g/mol. The van der Waals surface area contributed by atoms with E-state index < -0.39 is 6.01 Å². The van der Waals surface area contributed by atoms with Crippen LogP contribution in [0.25, 0.3) is 6.08 Å². The minimum atomic E-state index is -0.614. The lowest BCUT2D eigenvalue weighted by Crippen LogP contribution is -1.88. The van der Waals surface area contributed by atoms with Crippen LogP contribution in [0.3, 0.4) is 0 Å². The van der Waals surface area contributed by atoms with Crippen molar-refractivity contribution in [1.29, 1.82) is 0 Å². The van der Waals surface area contributed by atoms with Crippen molar-refractivity contribution in [3.63, 3.8) is 0 Å². The second-order valence-electron chi connectivity index (χ2n) is 3.27. The maximum absolute atomic E-state index is 13.4. The summed E-state index contributed by atoms with van der Waals surface area (Å²) in [6, 6.07) is 17.5. The molecule has 0 aromatic heterocycles. The Morgan fingerprint density at radius 1 is 0.875 bits per heavy atom. The first-order valence-electron chi connectivity index (χ1n) is 5.00. The lowest BCUT2D eigenvalue weighted by Gasteiger charge is -2.01. The first-order valence-corrected chi connectivity index (χ1v) is 5.00. The van der Waals surface area contributed by atoms with E-state index in [2.05, 4.69) is 0 Å². The lowest BCUT2D eigenvalue weighted by molar-refractivity contribution is 0.308. The van der Waals surface area contributed by atoms with Gasteiger partial charge in [-0.25, -0.2) is 0 Å². The zero-order valence-corrected chi connectivity index (χ0v) is 8.64. The molecule has 2 rings (SSSR count). The Bertz CT molecular complexity index is 463. The Labute approximate surface area is 93.8 Å². The largest absolute Gasteiger partial charge is 0.432 e. The molecule has 80 valence electrons. The highest BCUT2D eigenvalue weighted by atomic mass is 19.1. The van der Waals surface area contributed by atoms with Gasteiger partial charge in [-0.1, -0.05) is 48.5 Å². The Hall–Kier alpha value is -2.09. The zero-order valence-electron chi connectivity index (χ0n) is 8.64. The molecule has 0 spiro atoms. The van der Waals surface area contributed by atoms with Gasteiger partial charge in [0.2, 0.25) is 0 Å². The second-order valence-corrected chi connectivity index (χ2v) is 3.27. The summed E-state index contributed by atoms with van der Waals surface area (Å²) in [5, 5.41) is 0. The van der Waals surface area contributed by atoms with Crippen molar-refractivity contribution < 1.29 is 9.13 Å². The molecular formula is C14H11FO. The quantitative estimate of drug-likeness (QED) is 0.701. The van der Waals surface area contributed by atoms with Crippen LogP contribution < -0.4 is 4.74 Å². The van der Waals surface area contributed by atoms with Gasteiger partial charge in [-0.05, 0) is 17.7 Å². The van der Waals surface area contributed by atoms with Crippen molar-refractivity contribution in [3.05, 3.63) is 72.2 Å². The van der Waals surface area contributed by atoms with Gasteiger partial charge in [0.25, 0.3) is 6.01 Å². The fourth-order valence-corrected chi connectivity index (χ4v) is 1.31. The lowest BCUT2D eigenvalue weighted by atomic mass is 10.2. The summed E-state index contributed by atoms with van der Waals surface area (Å²) in [6.45, 7) is 0. The van der Waals surface area contributed by atoms with Crippen molar-refractivity contribution in [2.75, 3.05) is 0 Å². The molecule has 16 heavy (non-hydrogen) atoms. The van der Waals surface area contributed by atoms with Crippen LogP contribution >= 0.6 is 0 Å². The van der Waals surface area contributed by atoms with Crippen molar-refractivity contribution in [3.8, 4) is 5.75 Å². The number of benzene rings is 2. The molecule has 2 heteroatoms. The molecule has 0 bridgehead atoms. The van der Waals surface area contributed by atoms with E-state index in [0.717, 1.165) is 5.56 Å². The summed E-state index contributed by atoms with van der Waals surface area (Å²) in [5.74, 6) is 0.493. The van der Waals surface area contributed by atoms with E-state index >= 15 is 0 Å². The smallest absolute Gasteiger partial charge is 0.278 e. The average molecular weight is 214 g/mol. The van der Waals surface area contributed by atoms with Gasteiger partial charge in [-0.2, -0.15) is 4.39 Å². The molecule has 2 aromatic rings. The van der Waals surface area contributed by atoms with Gasteiger partial charge in [0.05, 0.1) is 0 Å². The molecule has 0 amide bonds. The van der Waals surface area contributed by atoms with E-state index in [1.54, 1.807) is 24.3 Å². The third kappa shape index (κ3) is 2.95. The third-order valence-corrected chi connectivity index (χ3v) is 2.04. The van der Waals surface area contributed by atoms with Crippen molar-refractivity contribution >= 4 is 6.08 Å². The number of rotatable bonds is 3. The molecule has 0 saturated carbocycles. The number of hydrogen-bond donors (Lipinski definition) is 0. The first-order chi connectivity index (χ1) is 7.84.